The molecule has 1 fully saturated rings. The van der Waals surface area contributed by atoms with Gasteiger partial charge in [0.15, 0.2) is 0 Å². The zero-order valence-corrected chi connectivity index (χ0v) is 17.9. The molecule has 0 bridgehead atoms. The van der Waals surface area contributed by atoms with Crippen LogP contribution in [0.2, 0.25) is 5.02 Å². The first-order valence-corrected chi connectivity index (χ1v) is 11.0. The lowest BCUT2D eigenvalue weighted by Gasteiger charge is -2.26. The molecule has 7 heteroatoms. The molecule has 0 atom stereocenters. The Kier molecular flexibility index (Phi) is 5.83. The van der Waals surface area contributed by atoms with E-state index in [0.717, 1.165) is 46.9 Å². The molecular weight excluding hydrogens is 406 g/mol. The summed E-state index contributed by atoms with van der Waals surface area (Å²) in [4.78, 5) is 19.7. The summed E-state index contributed by atoms with van der Waals surface area (Å²) in [5, 5.41) is 5.02. The van der Waals surface area contributed by atoms with E-state index >= 15 is 0 Å². The van der Waals surface area contributed by atoms with Crippen LogP contribution in [0.25, 0.3) is 10.9 Å². The van der Waals surface area contributed by atoms with Gasteiger partial charge in [0.05, 0.1) is 12.8 Å². The van der Waals surface area contributed by atoms with Gasteiger partial charge in [-0.2, -0.15) is 11.8 Å². The first-order valence-electron chi connectivity index (χ1n) is 9.45. The van der Waals surface area contributed by atoms with Crippen molar-refractivity contribution in [3.8, 4) is 5.75 Å². The highest BCUT2D eigenvalue weighted by molar-refractivity contribution is 7.99. The third-order valence-electron chi connectivity index (χ3n) is 5.08. The number of aromatic nitrogens is 1. The van der Waals surface area contributed by atoms with Crippen molar-refractivity contribution >= 4 is 51.5 Å². The van der Waals surface area contributed by atoms with Gasteiger partial charge in [0, 0.05) is 40.7 Å². The number of hydrogen-bond acceptors (Lipinski definition) is 5. The Bertz CT molecular complexity index is 1070. The fraction of sp³-hybridized carbons (Fsp3) is 0.273. The quantitative estimate of drug-likeness (QED) is 0.624. The highest BCUT2D eigenvalue weighted by atomic mass is 35.5. The second kappa shape index (κ2) is 8.51. The molecule has 2 heterocycles. The van der Waals surface area contributed by atoms with Crippen LogP contribution in [0.5, 0.6) is 5.75 Å². The molecule has 2 aromatic carbocycles. The molecule has 0 radical (unpaired) electrons. The van der Waals surface area contributed by atoms with Crippen molar-refractivity contribution in [1.82, 2.24) is 9.88 Å². The van der Waals surface area contributed by atoms with Crippen molar-refractivity contribution < 1.29 is 9.53 Å². The molecule has 0 unspecified atom stereocenters. The van der Waals surface area contributed by atoms with Gasteiger partial charge in [0.1, 0.15) is 17.0 Å². The van der Waals surface area contributed by atoms with Crippen molar-refractivity contribution in [1.29, 1.82) is 0 Å². The Balaban J connectivity index is 1.83. The minimum Gasteiger partial charge on any atom is -0.494 e. The van der Waals surface area contributed by atoms with Crippen LogP contribution in [0.15, 0.2) is 42.5 Å². The molecule has 5 nitrogen and oxygen atoms in total. The summed E-state index contributed by atoms with van der Waals surface area (Å²) in [6.07, 6.45) is 0. The maximum Gasteiger partial charge on any atom is 0.272 e. The molecule has 29 heavy (non-hydrogen) atoms. The molecule has 150 valence electrons. The van der Waals surface area contributed by atoms with E-state index in [1.54, 1.807) is 7.11 Å². The monoisotopic (exact) mass is 427 g/mol. The number of carbonyl (C=O) groups is 1. The van der Waals surface area contributed by atoms with Crippen LogP contribution in [-0.2, 0) is 0 Å². The van der Waals surface area contributed by atoms with Crippen LogP contribution >= 0.6 is 23.4 Å². The van der Waals surface area contributed by atoms with Crippen LogP contribution in [0, 0.1) is 6.92 Å². The largest absolute Gasteiger partial charge is 0.494 e. The van der Waals surface area contributed by atoms with Crippen molar-refractivity contribution in [2.24, 2.45) is 0 Å². The molecule has 0 saturated carbocycles. The summed E-state index contributed by atoms with van der Waals surface area (Å²) in [5.41, 5.74) is 3.71. The third-order valence-corrected chi connectivity index (χ3v) is 6.43. The van der Waals surface area contributed by atoms with E-state index in [4.69, 9.17) is 16.3 Å². The average Bonchev–Trinajstić information content (AvgIpc) is 2.76. The highest BCUT2D eigenvalue weighted by Gasteiger charge is 2.22. The topological polar surface area (TPSA) is 54.5 Å². The van der Waals surface area contributed by atoms with E-state index in [0.29, 0.717) is 22.0 Å². The second-order valence-corrected chi connectivity index (χ2v) is 8.49. The van der Waals surface area contributed by atoms with E-state index in [2.05, 4.69) is 10.3 Å². The number of nitrogens with zero attached hydrogens (tertiary/aromatic N) is 2. The predicted octanol–water partition coefficient (Wildman–Crippen LogP) is 5.14. The maximum absolute atomic E-state index is 13.1. The van der Waals surface area contributed by atoms with Gasteiger partial charge < -0.3 is 15.0 Å². The second-order valence-electron chi connectivity index (χ2n) is 6.85. The van der Waals surface area contributed by atoms with Gasteiger partial charge in [-0.1, -0.05) is 29.8 Å². The Morgan fingerprint density at radius 1 is 1.17 bits per heavy atom. The lowest BCUT2D eigenvalue weighted by atomic mass is 10.1. The summed E-state index contributed by atoms with van der Waals surface area (Å²) >= 11 is 8.16. The van der Waals surface area contributed by atoms with Gasteiger partial charge in [-0.05, 0) is 36.8 Å². The van der Waals surface area contributed by atoms with Crippen LogP contribution in [0.4, 0.5) is 11.4 Å². The third kappa shape index (κ3) is 4.00. The van der Waals surface area contributed by atoms with Gasteiger partial charge in [0.25, 0.3) is 5.91 Å². The molecule has 1 aliphatic rings. The number of methoxy groups -OCH3 is 1. The smallest absolute Gasteiger partial charge is 0.272 e. The van der Waals surface area contributed by atoms with E-state index in [9.17, 15) is 4.79 Å². The highest BCUT2D eigenvalue weighted by Crippen LogP contribution is 2.34. The standard InChI is InChI=1S/C22H22ClN3O2S/c1-14-16(23)6-4-7-17(14)24-18-13-19(22(27)26-9-11-29-12-10-26)25-21-15(18)5-3-8-20(21)28-2/h3-8,13H,9-12H2,1-2H3,(H,24,25). The van der Waals surface area contributed by atoms with Crippen molar-refractivity contribution in [2.45, 2.75) is 6.92 Å². The number of fused-ring (bicyclic) bond motifs is 1. The SMILES string of the molecule is COc1cccc2c(Nc3cccc(Cl)c3C)cc(C(=O)N3CCSCC3)nc12. The van der Waals surface area contributed by atoms with Crippen molar-refractivity contribution in [3.63, 3.8) is 0 Å². The molecular formula is C22H22ClN3O2S. The number of pyridine rings is 1. The lowest BCUT2D eigenvalue weighted by Crippen LogP contribution is -2.38. The molecule has 1 aliphatic heterocycles. The van der Waals surface area contributed by atoms with Gasteiger partial charge in [0.2, 0.25) is 0 Å². The van der Waals surface area contributed by atoms with Gasteiger partial charge in [-0.25, -0.2) is 4.98 Å². The number of benzene rings is 2. The Morgan fingerprint density at radius 2 is 1.93 bits per heavy atom. The number of halogens is 1. The van der Waals surface area contributed by atoms with E-state index in [-0.39, 0.29) is 5.91 Å². The normalized spacial score (nSPS) is 14.1. The molecule has 1 amide bonds. The Labute approximate surface area is 179 Å². The number of carbonyl (C=O) groups excluding carboxylic acids is 1. The molecule has 1 saturated heterocycles. The molecule has 1 aromatic heterocycles. The first kappa shape index (κ1) is 19.9. The fourth-order valence-corrected chi connectivity index (χ4v) is 4.49. The van der Waals surface area contributed by atoms with E-state index < -0.39 is 0 Å². The van der Waals surface area contributed by atoms with Gasteiger partial charge in [-0.3, -0.25) is 4.79 Å². The van der Waals surface area contributed by atoms with E-state index in [1.807, 2.05) is 66.1 Å². The zero-order valence-electron chi connectivity index (χ0n) is 16.4. The Hall–Kier alpha value is -2.44. The first-order chi connectivity index (χ1) is 14.1. The average molecular weight is 428 g/mol. The molecule has 1 N–H and O–H groups in total. The summed E-state index contributed by atoms with van der Waals surface area (Å²) in [7, 11) is 1.61. The summed E-state index contributed by atoms with van der Waals surface area (Å²) in [5.74, 6) is 2.49. The summed E-state index contributed by atoms with van der Waals surface area (Å²) < 4.78 is 5.52. The number of ether oxygens (including phenoxy) is 1. The summed E-state index contributed by atoms with van der Waals surface area (Å²) in [6.45, 7) is 3.45. The number of anilines is 2. The Morgan fingerprint density at radius 3 is 2.69 bits per heavy atom. The minimum atomic E-state index is -0.0519. The number of amides is 1. The van der Waals surface area contributed by atoms with Crippen molar-refractivity contribution in [2.75, 3.05) is 37.0 Å². The molecule has 0 aliphatic carbocycles. The molecule has 4 rings (SSSR count). The maximum atomic E-state index is 13.1. The van der Waals surface area contributed by atoms with Crippen LogP contribution in [0.3, 0.4) is 0 Å². The van der Waals surface area contributed by atoms with Crippen LogP contribution < -0.4 is 10.1 Å². The number of rotatable bonds is 4. The number of nitrogens with one attached hydrogen (secondary N) is 1. The van der Waals surface area contributed by atoms with Gasteiger partial charge in [-0.15, -0.1) is 0 Å². The predicted molar refractivity (Wildman–Crippen MR) is 121 cm³/mol. The fourth-order valence-electron chi connectivity index (χ4n) is 3.42. The van der Waals surface area contributed by atoms with E-state index in [1.165, 1.54) is 0 Å². The minimum absolute atomic E-state index is 0.0519. The van der Waals surface area contributed by atoms with Crippen LogP contribution in [-0.4, -0.2) is 47.5 Å². The van der Waals surface area contributed by atoms with Gasteiger partial charge >= 0.3 is 0 Å². The number of hydrogen-bond donors (Lipinski definition) is 1. The molecule has 0 spiro atoms. The van der Waals surface area contributed by atoms with Crippen LogP contribution in [0.1, 0.15) is 16.1 Å². The molecule has 3 aromatic rings. The number of thioether (sulfide) groups is 1. The lowest BCUT2D eigenvalue weighted by molar-refractivity contribution is 0.0767. The number of para-hydroxylation sites is 1. The summed E-state index contributed by atoms with van der Waals surface area (Å²) in [6, 6.07) is 13.3. The zero-order chi connectivity index (χ0) is 20.4. The van der Waals surface area contributed by atoms with Crippen molar-refractivity contribution in [3.05, 3.63) is 58.7 Å².